The summed E-state index contributed by atoms with van der Waals surface area (Å²) in [6.07, 6.45) is 0.898. The van der Waals surface area contributed by atoms with Gasteiger partial charge in [0.2, 0.25) is 0 Å². The summed E-state index contributed by atoms with van der Waals surface area (Å²) in [6, 6.07) is 10.4. The van der Waals surface area contributed by atoms with Crippen LogP contribution in [0.4, 0.5) is 0 Å². The van der Waals surface area contributed by atoms with E-state index in [1.165, 1.54) is 20.1 Å². The highest BCUT2D eigenvalue weighted by molar-refractivity contribution is 7.18. The zero-order chi connectivity index (χ0) is 11.7. The van der Waals surface area contributed by atoms with E-state index in [0.29, 0.717) is 6.54 Å². The fraction of sp³-hybridized carbons (Fsp3) is 0.154. The van der Waals surface area contributed by atoms with Crippen LogP contribution in [-0.4, -0.2) is 4.98 Å². The first-order chi connectivity index (χ1) is 8.36. The van der Waals surface area contributed by atoms with Crippen LogP contribution in [0, 0.1) is 0 Å². The molecular weight excluding hydrogens is 248 g/mol. The monoisotopic (exact) mass is 260 g/mol. The number of hydrogen-bond acceptors (Lipinski definition) is 4. The number of para-hydroxylation sites is 1. The van der Waals surface area contributed by atoms with Crippen molar-refractivity contribution in [3.63, 3.8) is 0 Å². The summed E-state index contributed by atoms with van der Waals surface area (Å²) in [4.78, 5) is 5.91. The van der Waals surface area contributed by atoms with E-state index in [1.54, 1.807) is 22.7 Å². The molecule has 0 amide bonds. The van der Waals surface area contributed by atoms with Crippen LogP contribution in [0.2, 0.25) is 0 Å². The maximum absolute atomic E-state index is 5.72. The van der Waals surface area contributed by atoms with Crippen LogP contribution < -0.4 is 5.73 Å². The van der Waals surface area contributed by atoms with E-state index < -0.39 is 0 Å². The number of hydrogen-bond donors (Lipinski definition) is 1. The summed E-state index contributed by atoms with van der Waals surface area (Å²) in [5, 5.41) is 3.27. The number of rotatable bonds is 3. The molecule has 0 radical (unpaired) electrons. The van der Waals surface area contributed by atoms with Gasteiger partial charge in [-0.1, -0.05) is 12.1 Å². The van der Waals surface area contributed by atoms with Crippen molar-refractivity contribution in [2.45, 2.75) is 13.0 Å². The smallest absolute Gasteiger partial charge is 0.0982 e. The SMILES string of the molecule is NCc1sccc1Cc1nc2ccccc2s1. The maximum atomic E-state index is 5.72. The quantitative estimate of drug-likeness (QED) is 0.784. The van der Waals surface area contributed by atoms with E-state index >= 15 is 0 Å². The van der Waals surface area contributed by atoms with E-state index in [1.807, 2.05) is 6.07 Å². The van der Waals surface area contributed by atoms with Gasteiger partial charge < -0.3 is 5.73 Å². The largest absolute Gasteiger partial charge is 0.326 e. The zero-order valence-corrected chi connectivity index (χ0v) is 10.9. The fourth-order valence-corrected chi connectivity index (χ4v) is 3.64. The first-order valence-corrected chi connectivity index (χ1v) is 7.16. The Morgan fingerprint density at radius 2 is 2.06 bits per heavy atom. The molecule has 1 aromatic carbocycles. The topological polar surface area (TPSA) is 38.9 Å². The van der Waals surface area contributed by atoms with E-state index in [2.05, 4.69) is 34.6 Å². The van der Waals surface area contributed by atoms with E-state index in [0.717, 1.165) is 11.9 Å². The van der Waals surface area contributed by atoms with Gasteiger partial charge in [-0.25, -0.2) is 4.98 Å². The lowest BCUT2D eigenvalue weighted by atomic mass is 10.2. The van der Waals surface area contributed by atoms with Crippen molar-refractivity contribution in [3.8, 4) is 0 Å². The standard InChI is InChI=1S/C13H12N2S2/c14-8-12-9(5-6-16-12)7-13-15-10-3-1-2-4-11(10)17-13/h1-6H,7-8,14H2. The van der Waals surface area contributed by atoms with Crippen LogP contribution in [-0.2, 0) is 13.0 Å². The van der Waals surface area contributed by atoms with Gasteiger partial charge in [-0.2, -0.15) is 0 Å². The summed E-state index contributed by atoms with van der Waals surface area (Å²) in [6.45, 7) is 0.623. The Morgan fingerprint density at radius 3 is 2.88 bits per heavy atom. The van der Waals surface area contributed by atoms with Gasteiger partial charge in [-0.3, -0.25) is 0 Å². The average molecular weight is 260 g/mol. The van der Waals surface area contributed by atoms with Crippen molar-refractivity contribution in [1.82, 2.24) is 4.98 Å². The molecule has 86 valence electrons. The molecule has 0 fully saturated rings. The van der Waals surface area contributed by atoms with Gasteiger partial charge in [0.15, 0.2) is 0 Å². The van der Waals surface area contributed by atoms with Gasteiger partial charge in [0, 0.05) is 17.8 Å². The molecule has 3 rings (SSSR count). The van der Waals surface area contributed by atoms with E-state index in [-0.39, 0.29) is 0 Å². The third kappa shape index (κ3) is 2.11. The van der Waals surface area contributed by atoms with E-state index in [4.69, 9.17) is 5.73 Å². The lowest BCUT2D eigenvalue weighted by Gasteiger charge is -1.97. The highest BCUT2D eigenvalue weighted by atomic mass is 32.1. The van der Waals surface area contributed by atoms with Crippen molar-refractivity contribution in [2.24, 2.45) is 5.73 Å². The number of benzene rings is 1. The van der Waals surface area contributed by atoms with Crippen LogP contribution in [0.3, 0.4) is 0 Å². The number of thiazole rings is 1. The fourth-order valence-electron chi connectivity index (χ4n) is 1.86. The third-order valence-electron chi connectivity index (χ3n) is 2.70. The van der Waals surface area contributed by atoms with Crippen molar-refractivity contribution < 1.29 is 0 Å². The van der Waals surface area contributed by atoms with Crippen LogP contribution in [0.5, 0.6) is 0 Å². The highest BCUT2D eigenvalue weighted by Crippen LogP contribution is 2.26. The first kappa shape index (κ1) is 10.9. The molecule has 3 aromatic rings. The number of thiophene rings is 1. The molecule has 0 atom stereocenters. The Balaban J connectivity index is 1.94. The van der Waals surface area contributed by atoms with Crippen LogP contribution >= 0.6 is 22.7 Å². The second-order valence-corrected chi connectivity index (χ2v) is 5.94. The molecule has 2 nitrogen and oxygen atoms in total. The predicted molar refractivity (Wildman–Crippen MR) is 74.6 cm³/mol. The Labute approximate surface area is 108 Å². The van der Waals surface area contributed by atoms with E-state index in [9.17, 15) is 0 Å². The summed E-state index contributed by atoms with van der Waals surface area (Å²) < 4.78 is 1.26. The van der Waals surface area contributed by atoms with Crippen LogP contribution in [0.15, 0.2) is 35.7 Å². The first-order valence-electron chi connectivity index (χ1n) is 5.46. The second-order valence-electron chi connectivity index (χ2n) is 3.83. The Bertz CT molecular complexity index is 606. The molecule has 2 heterocycles. The van der Waals surface area contributed by atoms with Gasteiger partial charge in [-0.05, 0) is 29.1 Å². The molecule has 0 aliphatic carbocycles. The molecule has 0 saturated carbocycles. The lowest BCUT2D eigenvalue weighted by molar-refractivity contribution is 1.05. The third-order valence-corrected chi connectivity index (χ3v) is 4.72. The minimum absolute atomic E-state index is 0.623. The Kier molecular flexibility index (Phi) is 2.93. The van der Waals surface area contributed by atoms with Gasteiger partial charge in [0.05, 0.1) is 15.2 Å². The molecule has 2 aromatic heterocycles. The summed E-state index contributed by atoms with van der Waals surface area (Å²) in [5.74, 6) is 0. The Hall–Kier alpha value is -1.23. The summed E-state index contributed by atoms with van der Waals surface area (Å²) in [5.41, 5.74) is 8.13. The number of nitrogens with zero attached hydrogens (tertiary/aromatic N) is 1. The molecule has 4 heteroatoms. The van der Waals surface area contributed by atoms with Crippen molar-refractivity contribution >= 4 is 32.9 Å². The van der Waals surface area contributed by atoms with Crippen molar-refractivity contribution in [3.05, 3.63) is 51.2 Å². The van der Waals surface area contributed by atoms with Gasteiger partial charge in [-0.15, -0.1) is 22.7 Å². The number of aromatic nitrogens is 1. The van der Waals surface area contributed by atoms with Crippen LogP contribution in [0.25, 0.3) is 10.2 Å². The molecule has 2 N–H and O–H groups in total. The highest BCUT2D eigenvalue weighted by Gasteiger charge is 2.07. The maximum Gasteiger partial charge on any atom is 0.0982 e. The molecule has 17 heavy (non-hydrogen) atoms. The summed E-state index contributed by atoms with van der Waals surface area (Å²) >= 11 is 3.49. The molecule has 0 aliphatic heterocycles. The number of nitrogens with two attached hydrogens (primary N) is 1. The summed E-state index contributed by atoms with van der Waals surface area (Å²) in [7, 11) is 0. The van der Waals surface area contributed by atoms with Gasteiger partial charge in [0.1, 0.15) is 0 Å². The van der Waals surface area contributed by atoms with Crippen molar-refractivity contribution in [1.29, 1.82) is 0 Å². The predicted octanol–water partition coefficient (Wildman–Crippen LogP) is 3.41. The molecular formula is C13H12N2S2. The molecule has 0 spiro atoms. The Morgan fingerprint density at radius 1 is 1.18 bits per heavy atom. The molecule has 0 aliphatic rings. The molecule has 0 unspecified atom stereocenters. The lowest BCUT2D eigenvalue weighted by Crippen LogP contribution is -1.97. The normalized spacial score (nSPS) is 11.1. The van der Waals surface area contributed by atoms with Crippen molar-refractivity contribution in [2.75, 3.05) is 0 Å². The van der Waals surface area contributed by atoms with Gasteiger partial charge >= 0.3 is 0 Å². The minimum Gasteiger partial charge on any atom is -0.326 e. The van der Waals surface area contributed by atoms with Crippen LogP contribution in [0.1, 0.15) is 15.4 Å². The number of fused-ring (bicyclic) bond motifs is 1. The molecule has 0 saturated heterocycles. The average Bonchev–Trinajstić information content (AvgIpc) is 2.94. The minimum atomic E-state index is 0.623. The van der Waals surface area contributed by atoms with Gasteiger partial charge in [0.25, 0.3) is 0 Å². The zero-order valence-electron chi connectivity index (χ0n) is 9.22. The second kappa shape index (κ2) is 4.56. The molecule has 0 bridgehead atoms.